The maximum Gasteiger partial charge on any atom is 0.0499 e. The van der Waals surface area contributed by atoms with Gasteiger partial charge in [-0.3, -0.25) is 0 Å². The van der Waals surface area contributed by atoms with Crippen molar-refractivity contribution in [1.82, 2.24) is 10.2 Å². The highest BCUT2D eigenvalue weighted by Gasteiger charge is 2.13. The van der Waals surface area contributed by atoms with Crippen molar-refractivity contribution in [3.8, 4) is 0 Å². The van der Waals surface area contributed by atoms with Gasteiger partial charge in [0.05, 0.1) is 0 Å². The molecule has 0 aromatic heterocycles. The molecule has 2 unspecified atom stereocenters. The van der Waals surface area contributed by atoms with Crippen LogP contribution in [0, 0.1) is 11.8 Å². The lowest BCUT2D eigenvalue weighted by Crippen LogP contribution is -2.37. The molecule has 2 atom stereocenters. The Hall–Kier alpha value is -0.120. The first kappa shape index (κ1) is 14.9. The average molecular weight is 242 g/mol. The quantitative estimate of drug-likeness (QED) is 0.704. The van der Waals surface area contributed by atoms with E-state index in [-0.39, 0.29) is 0 Å². The number of piperidine rings is 1. The molecule has 1 aliphatic rings. The zero-order valence-corrected chi connectivity index (χ0v) is 11.9. The first-order valence-electron chi connectivity index (χ1n) is 7.14. The molecule has 1 rings (SSSR count). The van der Waals surface area contributed by atoms with Crippen LogP contribution in [0.1, 0.15) is 33.1 Å². The zero-order chi connectivity index (χ0) is 12.5. The molecule has 0 saturated carbocycles. The second kappa shape index (κ2) is 8.90. The van der Waals surface area contributed by atoms with Crippen LogP contribution in [0.25, 0.3) is 0 Å². The Morgan fingerprint density at radius 3 is 2.35 bits per heavy atom. The molecule has 1 saturated heterocycles. The minimum Gasteiger partial charge on any atom is -0.384 e. The highest BCUT2D eigenvalue weighted by molar-refractivity contribution is 4.69. The van der Waals surface area contributed by atoms with Crippen molar-refractivity contribution in [1.29, 1.82) is 0 Å². The second-order valence-electron chi connectivity index (χ2n) is 5.69. The molecule has 0 radical (unpaired) electrons. The van der Waals surface area contributed by atoms with Crippen LogP contribution in [0.3, 0.4) is 0 Å². The Labute approximate surface area is 107 Å². The lowest BCUT2D eigenvalue weighted by atomic mass is 10.1. The Balaban J connectivity index is 2.02. The third-order valence-electron chi connectivity index (χ3n) is 3.46. The summed E-state index contributed by atoms with van der Waals surface area (Å²) in [6.07, 6.45) is 4.22. The summed E-state index contributed by atoms with van der Waals surface area (Å²) in [5.41, 5.74) is 0. The molecule has 3 heteroatoms. The van der Waals surface area contributed by atoms with Crippen molar-refractivity contribution < 1.29 is 4.74 Å². The first-order chi connectivity index (χ1) is 8.22. The summed E-state index contributed by atoms with van der Waals surface area (Å²) in [7, 11) is 1.77. The van der Waals surface area contributed by atoms with Gasteiger partial charge in [0.1, 0.15) is 0 Å². The largest absolute Gasteiger partial charge is 0.384 e. The molecule has 0 aliphatic carbocycles. The van der Waals surface area contributed by atoms with E-state index in [1.54, 1.807) is 7.11 Å². The van der Waals surface area contributed by atoms with E-state index in [0.29, 0.717) is 5.92 Å². The average Bonchev–Trinajstić information content (AvgIpc) is 2.30. The Morgan fingerprint density at radius 2 is 1.71 bits per heavy atom. The Bertz CT molecular complexity index is 181. The van der Waals surface area contributed by atoms with Crippen molar-refractivity contribution in [2.75, 3.05) is 46.4 Å². The van der Waals surface area contributed by atoms with E-state index < -0.39 is 0 Å². The number of nitrogens with zero attached hydrogens (tertiary/aromatic N) is 1. The molecule has 0 aromatic rings. The summed E-state index contributed by atoms with van der Waals surface area (Å²) >= 11 is 0. The summed E-state index contributed by atoms with van der Waals surface area (Å²) < 4.78 is 5.13. The summed E-state index contributed by atoms with van der Waals surface area (Å²) in [5, 5.41) is 3.55. The topological polar surface area (TPSA) is 24.5 Å². The lowest BCUT2D eigenvalue weighted by molar-refractivity contribution is 0.156. The van der Waals surface area contributed by atoms with Crippen LogP contribution >= 0.6 is 0 Å². The molecule has 1 N–H and O–H groups in total. The van der Waals surface area contributed by atoms with Gasteiger partial charge in [0.25, 0.3) is 0 Å². The van der Waals surface area contributed by atoms with Gasteiger partial charge in [-0.1, -0.05) is 20.3 Å². The fraction of sp³-hybridized carbons (Fsp3) is 1.00. The second-order valence-corrected chi connectivity index (χ2v) is 5.69. The van der Waals surface area contributed by atoms with Gasteiger partial charge in [-0.25, -0.2) is 0 Å². The number of nitrogens with one attached hydrogen (secondary N) is 1. The number of hydrogen-bond acceptors (Lipinski definition) is 3. The van der Waals surface area contributed by atoms with Gasteiger partial charge in [0, 0.05) is 20.3 Å². The minimum absolute atomic E-state index is 0.613. The highest BCUT2D eigenvalue weighted by atomic mass is 16.5. The number of rotatable bonds is 8. The monoisotopic (exact) mass is 242 g/mol. The molecule has 0 aromatic carbocycles. The van der Waals surface area contributed by atoms with Crippen molar-refractivity contribution in [2.45, 2.75) is 33.1 Å². The molecular formula is C14H30N2O. The molecule has 102 valence electrons. The Morgan fingerprint density at radius 1 is 1.06 bits per heavy atom. The minimum atomic E-state index is 0.613. The van der Waals surface area contributed by atoms with Gasteiger partial charge in [-0.2, -0.15) is 0 Å². The lowest BCUT2D eigenvalue weighted by Gasteiger charge is -2.29. The van der Waals surface area contributed by atoms with Gasteiger partial charge < -0.3 is 15.0 Å². The fourth-order valence-electron chi connectivity index (χ4n) is 2.57. The molecular weight excluding hydrogens is 212 g/mol. The third-order valence-corrected chi connectivity index (χ3v) is 3.46. The summed E-state index contributed by atoms with van der Waals surface area (Å²) in [4.78, 5) is 2.62. The summed E-state index contributed by atoms with van der Waals surface area (Å²) in [6, 6.07) is 0. The Kier molecular flexibility index (Phi) is 7.82. The fourth-order valence-corrected chi connectivity index (χ4v) is 2.57. The third kappa shape index (κ3) is 7.02. The van der Waals surface area contributed by atoms with E-state index in [0.717, 1.165) is 25.6 Å². The molecule has 1 fully saturated rings. The van der Waals surface area contributed by atoms with Crippen molar-refractivity contribution in [3.63, 3.8) is 0 Å². The number of hydrogen-bond donors (Lipinski definition) is 1. The zero-order valence-electron chi connectivity index (χ0n) is 11.9. The maximum atomic E-state index is 5.13. The maximum absolute atomic E-state index is 5.13. The van der Waals surface area contributed by atoms with E-state index >= 15 is 0 Å². The number of ether oxygens (including phenoxy) is 1. The summed E-state index contributed by atoms with van der Waals surface area (Å²) in [6.45, 7) is 11.5. The standard InChI is InChI=1S/C14H30N2O/c1-13(9-15-10-14(2)12-17-3)11-16-7-5-4-6-8-16/h13-15H,4-12H2,1-3H3. The molecule has 0 amide bonds. The van der Waals surface area contributed by atoms with Crippen molar-refractivity contribution >= 4 is 0 Å². The van der Waals surface area contributed by atoms with Gasteiger partial charge in [-0.15, -0.1) is 0 Å². The number of likely N-dealkylation sites (tertiary alicyclic amines) is 1. The van der Waals surface area contributed by atoms with Gasteiger partial charge in [0.2, 0.25) is 0 Å². The van der Waals surface area contributed by atoms with Crippen LogP contribution in [-0.2, 0) is 4.74 Å². The molecule has 1 heterocycles. The van der Waals surface area contributed by atoms with E-state index in [1.165, 1.54) is 38.9 Å². The SMILES string of the molecule is COCC(C)CNCC(C)CN1CCCCC1. The number of methoxy groups -OCH3 is 1. The van der Waals surface area contributed by atoms with Gasteiger partial charge in [0.15, 0.2) is 0 Å². The van der Waals surface area contributed by atoms with Crippen LogP contribution in [0.5, 0.6) is 0 Å². The van der Waals surface area contributed by atoms with Crippen molar-refractivity contribution in [3.05, 3.63) is 0 Å². The molecule has 1 aliphatic heterocycles. The van der Waals surface area contributed by atoms with Gasteiger partial charge in [-0.05, 0) is 50.9 Å². The summed E-state index contributed by atoms with van der Waals surface area (Å²) in [5.74, 6) is 1.37. The highest BCUT2D eigenvalue weighted by Crippen LogP contribution is 2.10. The molecule has 0 spiro atoms. The van der Waals surface area contributed by atoms with Crippen LogP contribution in [0.2, 0.25) is 0 Å². The van der Waals surface area contributed by atoms with Crippen LogP contribution in [0.4, 0.5) is 0 Å². The van der Waals surface area contributed by atoms with Crippen LogP contribution in [0.15, 0.2) is 0 Å². The van der Waals surface area contributed by atoms with E-state index in [4.69, 9.17) is 4.74 Å². The molecule has 3 nitrogen and oxygen atoms in total. The predicted molar refractivity (Wildman–Crippen MR) is 73.4 cm³/mol. The van der Waals surface area contributed by atoms with E-state index in [2.05, 4.69) is 24.1 Å². The van der Waals surface area contributed by atoms with Crippen molar-refractivity contribution in [2.24, 2.45) is 11.8 Å². The normalized spacial score (nSPS) is 21.4. The smallest absolute Gasteiger partial charge is 0.0499 e. The van der Waals surface area contributed by atoms with E-state index in [1.807, 2.05) is 0 Å². The van der Waals surface area contributed by atoms with Crippen LogP contribution in [-0.4, -0.2) is 51.3 Å². The molecule has 0 bridgehead atoms. The first-order valence-corrected chi connectivity index (χ1v) is 7.14. The van der Waals surface area contributed by atoms with Gasteiger partial charge >= 0.3 is 0 Å². The van der Waals surface area contributed by atoms with Crippen LogP contribution < -0.4 is 5.32 Å². The predicted octanol–water partition coefficient (Wildman–Crippen LogP) is 1.98. The molecule has 17 heavy (non-hydrogen) atoms. The van der Waals surface area contributed by atoms with E-state index in [9.17, 15) is 0 Å².